The van der Waals surface area contributed by atoms with Crippen LogP contribution in [0.4, 0.5) is 11.4 Å². The number of amides is 3. The zero-order valence-electron chi connectivity index (χ0n) is 17.6. The van der Waals surface area contributed by atoms with E-state index in [-0.39, 0.29) is 24.1 Å². The van der Waals surface area contributed by atoms with E-state index < -0.39 is 17.9 Å². The van der Waals surface area contributed by atoms with E-state index in [0.29, 0.717) is 17.9 Å². The molecule has 9 nitrogen and oxygen atoms in total. The summed E-state index contributed by atoms with van der Waals surface area (Å²) in [5.41, 5.74) is 13.5. The van der Waals surface area contributed by atoms with Crippen molar-refractivity contribution >= 4 is 34.8 Å². The van der Waals surface area contributed by atoms with Gasteiger partial charge in [-0.15, -0.1) is 0 Å². The second kappa shape index (κ2) is 9.19. The van der Waals surface area contributed by atoms with Crippen LogP contribution in [-0.2, 0) is 20.9 Å². The molecule has 2 aromatic carbocycles. The van der Waals surface area contributed by atoms with Crippen LogP contribution in [0, 0.1) is 0 Å². The van der Waals surface area contributed by atoms with Crippen LogP contribution in [0.25, 0.3) is 0 Å². The van der Waals surface area contributed by atoms with E-state index >= 15 is 0 Å². The Labute approximate surface area is 186 Å². The molecule has 166 valence electrons. The molecule has 0 aromatic heterocycles. The lowest BCUT2D eigenvalue weighted by atomic mass is 10.1. The first kappa shape index (κ1) is 21.5. The Kier molecular flexibility index (Phi) is 6.18. The Morgan fingerprint density at radius 1 is 0.969 bits per heavy atom. The number of hydrogen-bond donors (Lipinski definition) is 3. The zero-order chi connectivity index (χ0) is 22.7. The summed E-state index contributed by atoms with van der Waals surface area (Å²) in [5.74, 6) is -1.27. The van der Waals surface area contributed by atoms with E-state index in [4.69, 9.17) is 11.5 Å². The average molecular weight is 435 g/mol. The van der Waals surface area contributed by atoms with Crippen LogP contribution in [0.2, 0.25) is 0 Å². The maximum atomic E-state index is 13.0. The van der Waals surface area contributed by atoms with Crippen molar-refractivity contribution in [2.75, 3.05) is 16.9 Å². The van der Waals surface area contributed by atoms with Crippen LogP contribution >= 0.6 is 0 Å². The maximum Gasteiger partial charge on any atom is 0.271 e. The fourth-order valence-electron chi connectivity index (χ4n) is 4.22. The molecular formula is C23H26N6O3. The van der Waals surface area contributed by atoms with Gasteiger partial charge in [-0.2, -0.15) is 5.10 Å². The van der Waals surface area contributed by atoms with Gasteiger partial charge in [0.2, 0.25) is 11.8 Å². The van der Waals surface area contributed by atoms with Crippen LogP contribution in [0.5, 0.6) is 0 Å². The minimum atomic E-state index is -0.727. The lowest BCUT2D eigenvalue weighted by Crippen LogP contribution is -2.40. The van der Waals surface area contributed by atoms with E-state index in [1.54, 1.807) is 18.2 Å². The first-order valence-electron chi connectivity index (χ1n) is 10.6. The topological polar surface area (TPSA) is 134 Å². The minimum absolute atomic E-state index is 0.119. The van der Waals surface area contributed by atoms with Crippen molar-refractivity contribution in [2.45, 2.75) is 37.9 Å². The highest BCUT2D eigenvalue weighted by molar-refractivity contribution is 6.44. The van der Waals surface area contributed by atoms with E-state index in [9.17, 15) is 14.4 Å². The number of primary amides is 2. The first-order valence-corrected chi connectivity index (χ1v) is 10.6. The minimum Gasteiger partial charge on any atom is -0.368 e. The van der Waals surface area contributed by atoms with Gasteiger partial charge in [-0.05, 0) is 43.1 Å². The molecule has 5 N–H and O–H groups in total. The van der Waals surface area contributed by atoms with Gasteiger partial charge >= 0.3 is 0 Å². The Morgan fingerprint density at radius 2 is 1.66 bits per heavy atom. The van der Waals surface area contributed by atoms with Crippen molar-refractivity contribution in [1.29, 1.82) is 0 Å². The molecule has 1 saturated heterocycles. The largest absolute Gasteiger partial charge is 0.368 e. The van der Waals surface area contributed by atoms with Crippen molar-refractivity contribution in [3.05, 3.63) is 60.2 Å². The first-order chi connectivity index (χ1) is 15.4. The van der Waals surface area contributed by atoms with Gasteiger partial charge in [0.25, 0.3) is 5.91 Å². The Morgan fingerprint density at radius 3 is 2.38 bits per heavy atom. The summed E-state index contributed by atoms with van der Waals surface area (Å²) < 4.78 is 0. The number of benzene rings is 2. The number of hydrogen-bond acceptors (Lipinski definition) is 6. The molecule has 3 amide bonds. The van der Waals surface area contributed by atoms with Crippen LogP contribution in [0.15, 0.2) is 59.7 Å². The van der Waals surface area contributed by atoms with Gasteiger partial charge in [-0.3, -0.25) is 24.3 Å². The van der Waals surface area contributed by atoms with Crippen molar-refractivity contribution in [2.24, 2.45) is 16.6 Å². The molecule has 1 fully saturated rings. The molecule has 2 aliphatic heterocycles. The van der Waals surface area contributed by atoms with Crippen LogP contribution < -0.4 is 21.8 Å². The summed E-state index contributed by atoms with van der Waals surface area (Å²) in [6.45, 7) is 1.27. The van der Waals surface area contributed by atoms with Gasteiger partial charge < -0.3 is 16.8 Å². The predicted octanol–water partition coefficient (Wildman–Crippen LogP) is 1.19. The summed E-state index contributed by atoms with van der Waals surface area (Å²) in [5, 5.41) is 8.79. The van der Waals surface area contributed by atoms with E-state index in [2.05, 4.69) is 10.4 Å². The number of rotatable bonds is 7. The van der Waals surface area contributed by atoms with Crippen molar-refractivity contribution in [1.82, 2.24) is 4.90 Å². The molecule has 0 spiro atoms. The second-order valence-corrected chi connectivity index (χ2v) is 7.99. The van der Waals surface area contributed by atoms with Crippen LogP contribution in [0.1, 0.15) is 24.8 Å². The zero-order valence-corrected chi connectivity index (χ0v) is 17.6. The molecule has 4 rings (SSSR count). The quantitative estimate of drug-likeness (QED) is 0.602. The van der Waals surface area contributed by atoms with E-state index in [1.807, 2.05) is 41.3 Å². The van der Waals surface area contributed by atoms with Gasteiger partial charge in [-0.25, -0.2) is 0 Å². The van der Waals surface area contributed by atoms with E-state index in [1.165, 1.54) is 5.01 Å². The summed E-state index contributed by atoms with van der Waals surface area (Å²) in [6.07, 6.45) is 1.77. The number of nitrogens with two attached hydrogens (primary N) is 2. The van der Waals surface area contributed by atoms with Gasteiger partial charge in [0.15, 0.2) is 0 Å². The summed E-state index contributed by atoms with van der Waals surface area (Å²) in [4.78, 5) is 38.7. The highest BCUT2D eigenvalue weighted by atomic mass is 16.2. The third-order valence-corrected chi connectivity index (χ3v) is 5.85. The lowest BCUT2D eigenvalue weighted by Gasteiger charge is -2.23. The van der Waals surface area contributed by atoms with Gasteiger partial charge in [0.05, 0.1) is 11.7 Å². The van der Waals surface area contributed by atoms with Crippen LogP contribution in [0.3, 0.4) is 0 Å². The van der Waals surface area contributed by atoms with Gasteiger partial charge in [0, 0.05) is 18.7 Å². The number of carbonyl (C=O) groups is 3. The summed E-state index contributed by atoms with van der Waals surface area (Å²) in [6, 6.07) is 15.5. The van der Waals surface area contributed by atoms with E-state index in [0.717, 1.165) is 24.9 Å². The molecule has 0 saturated carbocycles. The number of anilines is 2. The molecule has 9 heteroatoms. The normalized spacial score (nSPS) is 20.8. The monoisotopic (exact) mass is 434 g/mol. The maximum absolute atomic E-state index is 13.0. The molecule has 2 atom stereocenters. The molecule has 0 radical (unpaired) electrons. The van der Waals surface area contributed by atoms with Gasteiger partial charge in [-0.1, -0.05) is 36.4 Å². The fourth-order valence-corrected chi connectivity index (χ4v) is 4.22. The molecule has 0 aliphatic carbocycles. The smallest absolute Gasteiger partial charge is 0.271 e. The molecular weight excluding hydrogens is 408 g/mol. The van der Waals surface area contributed by atoms with Crippen LogP contribution in [-0.4, -0.2) is 47.0 Å². The summed E-state index contributed by atoms with van der Waals surface area (Å²) in [7, 11) is 0. The lowest BCUT2D eigenvalue weighted by molar-refractivity contribution is -0.122. The Hall–Kier alpha value is -3.72. The molecule has 2 unspecified atom stereocenters. The molecule has 2 aromatic rings. The average Bonchev–Trinajstić information content (AvgIpc) is 3.43. The SMILES string of the molecule is NC(=O)C1CCCN1Cc1ccccc1NC(=O)C1=NN(c2ccccc2)C(C(N)=O)C1. The molecule has 0 bridgehead atoms. The number of nitrogens with zero attached hydrogens (tertiary/aromatic N) is 3. The highest BCUT2D eigenvalue weighted by Crippen LogP contribution is 2.26. The third kappa shape index (κ3) is 4.47. The van der Waals surface area contributed by atoms with Crippen molar-refractivity contribution in [3.8, 4) is 0 Å². The predicted molar refractivity (Wildman–Crippen MR) is 122 cm³/mol. The van der Waals surface area contributed by atoms with Gasteiger partial charge in [0.1, 0.15) is 11.8 Å². The van der Waals surface area contributed by atoms with Crippen molar-refractivity contribution < 1.29 is 14.4 Å². The molecule has 2 heterocycles. The second-order valence-electron chi connectivity index (χ2n) is 7.99. The Bertz CT molecular complexity index is 1050. The summed E-state index contributed by atoms with van der Waals surface area (Å²) >= 11 is 0. The number of nitrogens with one attached hydrogen (secondary N) is 1. The Balaban J connectivity index is 1.52. The number of hydrazone groups is 1. The third-order valence-electron chi connectivity index (χ3n) is 5.85. The fraction of sp³-hybridized carbons (Fsp3) is 0.304. The molecule has 2 aliphatic rings. The highest BCUT2D eigenvalue weighted by Gasteiger charge is 2.35. The number of carbonyl (C=O) groups excluding carboxylic acids is 3. The molecule has 32 heavy (non-hydrogen) atoms. The number of likely N-dealkylation sites (tertiary alicyclic amines) is 1. The number of para-hydroxylation sites is 2. The standard InChI is InChI=1S/C23H26N6O3/c24-21(30)19-11-6-12-28(19)14-15-7-4-5-10-17(15)26-23(32)18-13-20(22(25)31)29(27-18)16-8-2-1-3-9-16/h1-5,7-10,19-20H,6,11-14H2,(H2,24,30)(H2,25,31)(H,26,32). The van der Waals surface area contributed by atoms with Crippen molar-refractivity contribution in [3.63, 3.8) is 0 Å².